The lowest BCUT2D eigenvalue weighted by Gasteiger charge is -2.06. The molecule has 0 aliphatic carbocycles. The molecule has 0 saturated carbocycles. The van der Waals surface area contributed by atoms with Crippen molar-refractivity contribution in [2.45, 2.75) is 13.5 Å². The summed E-state index contributed by atoms with van der Waals surface area (Å²) in [6.07, 6.45) is 3.29. The highest BCUT2D eigenvalue weighted by atomic mass is 32.1. The van der Waals surface area contributed by atoms with Crippen LogP contribution >= 0.6 is 11.3 Å². The first-order chi connectivity index (χ1) is 13.1. The van der Waals surface area contributed by atoms with Crippen LogP contribution in [0.5, 0.6) is 0 Å². The molecule has 0 fully saturated rings. The van der Waals surface area contributed by atoms with Crippen LogP contribution in [0.2, 0.25) is 0 Å². The number of carbonyl (C=O) groups is 1. The molecule has 0 bridgehead atoms. The minimum absolute atomic E-state index is 0.188. The number of para-hydroxylation sites is 1. The van der Waals surface area contributed by atoms with Crippen LogP contribution in [0.15, 0.2) is 59.7 Å². The first-order valence-corrected chi connectivity index (χ1v) is 9.06. The average Bonchev–Trinajstić information content (AvgIpc) is 3.08. The number of fused-ring (bicyclic) bond motifs is 1. The number of pyridine rings is 1. The number of hydrogen-bond donors (Lipinski definition) is 1. The quantitative estimate of drug-likeness (QED) is 0.591. The molecule has 3 heterocycles. The van der Waals surface area contributed by atoms with Gasteiger partial charge in [-0.3, -0.25) is 14.6 Å². The van der Waals surface area contributed by atoms with Crippen molar-refractivity contribution in [3.05, 3.63) is 70.8 Å². The van der Waals surface area contributed by atoms with Gasteiger partial charge in [0, 0.05) is 24.0 Å². The number of rotatable bonds is 4. The molecular formula is C19H15N5O2S. The van der Waals surface area contributed by atoms with Gasteiger partial charge >= 0.3 is 0 Å². The number of amides is 1. The maximum absolute atomic E-state index is 12.4. The van der Waals surface area contributed by atoms with Crippen molar-refractivity contribution in [3.8, 4) is 11.3 Å². The number of thiazole rings is 1. The maximum atomic E-state index is 12.4. The summed E-state index contributed by atoms with van der Waals surface area (Å²) in [7, 11) is 0. The number of benzene rings is 1. The molecule has 0 atom stereocenters. The standard InChI is InChI=1S/C19H15N5O2S/c1-12-3-2-4-15-18(12)22-19(27-15)21-16(25)11-24-17(26)6-5-14(23-24)13-7-9-20-10-8-13/h2-10H,11H2,1H3,(H,21,22,25). The molecule has 0 radical (unpaired) electrons. The number of aryl methyl sites for hydroxylation is 1. The second-order valence-corrected chi connectivity index (χ2v) is 6.97. The zero-order valence-corrected chi connectivity index (χ0v) is 15.2. The van der Waals surface area contributed by atoms with Gasteiger partial charge in [-0.1, -0.05) is 23.5 Å². The molecule has 1 amide bonds. The van der Waals surface area contributed by atoms with E-state index in [1.54, 1.807) is 30.6 Å². The maximum Gasteiger partial charge on any atom is 0.267 e. The molecule has 3 aromatic heterocycles. The van der Waals surface area contributed by atoms with Gasteiger partial charge in [0.15, 0.2) is 5.13 Å². The highest BCUT2D eigenvalue weighted by Crippen LogP contribution is 2.27. The summed E-state index contributed by atoms with van der Waals surface area (Å²) in [6.45, 7) is 1.79. The molecule has 27 heavy (non-hydrogen) atoms. The number of nitrogens with zero attached hydrogens (tertiary/aromatic N) is 4. The summed E-state index contributed by atoms with van der Waals surface area (Å²) >= 11 is 1.40. The van der Waals surface area contributed by atoms with Gasteiger partial charge in [-0.25, -0.2) is 9.67 Å². The molecule has 4 rings (SSSR count). The zero-order chi connectivity index (χ0) is 18.8. The van der Waals surface area contributed by atoms with Gasteiger partial charge in [0.1, 0.15) is 6.54 Å². The van der Waals surface area contributed by atoms with Gasteiger partial charge in [-0.15, -0.1) is 0 Å². The van der Waals surface area contributed by atoms with Crippen molar-refractivity contribution in [2.24, 2.45) is 0 Å². The number of carbonyl (C=O) groups excluding carboxylic acids is 1. The first-order valence-electron chi connectivity index (χ1n) is 8.25. The van der Waals surface area contributed by atoms with Crippen LogP contribution in [0.1, 0.15) is 5.56 Å². The van der Waals surface area contributed by atoms with Crippen LogP contribution in [0.3, 0.4) is 0 Å². The molecule has 134 valence electrons. The van der Waals surface area contributed by atoms with Crippen molar-refractivity contribution >= 4 is 32.6 Å². The molecule has 0 aliphatic heterocycles. The van der Waals surface area contributed by atoms with Gasteiger partial charge in [-0.2, -0.15) is 5.10 Å². The Hall–Kier alpha value is -3.39. The van der Waals surface area contributed by atoms with Gasteiger partial charge in [0.2, 0.25) is 5.91 Å². The summed E-state index contributed by atoms with van der Waals surface area (Å²) in [5.74, 6) is -0.354. The molecule has 0 aliphatic rings. The Labute approximate surface area is 158 Å². The van der Waals surface area contributed by atoms with E-state index < -0.39 is 0 Å². The summed E-state index contributed by atoms with van der Waals surface area (Å²) < 4.78 is 2.14. The van der Waals surface area contributed by atoms with E-state index in [-0.39, 0.29) is 18.0 Å². The minimum Gasteiger partial charge on any atom is -0.300 e. The lowest BCUT2D eigenvalue weighted by molar-refractivity contribution is -0.117. The second-order valence-electron chi connectivity index (χ2n) is 5.94. The predicted octanol–water partition coefficient (Wildman–Crippen LogP) is 2.86. The van der Waals surface area contributed by atoms with E-state index >= 15 is 0 Å². The second kappa shape index (κ2) is 7.08. The molecular weight excluding hydrogens is 362 g/mol. The molecule has 4 aromatic rings. The predicted molar refractivity (Wildman–Crippen MR) is 105 cm³/mol. The lowest BCUT2D eigenvalue weighted by Crippen LogP contribution is -2.29. The highest BCUT2D eigenvalue weighted by Gasteiger charge is 2.12. The van der Waals surface area contributed by atoms with Gasteiger partial charge < -0.3 is 5.32 Å². The van der Waals surface area contributed by atoms with Crippen LogP contribution in [-0.4, -0.2) is 25.7 Å². The third kappa shape index (κ3) is 3.61. The number of anilines is 1. The Morgan fingerprint density at radius 1 is 1.15 bits per heavy atom. The molecule has 0 spiro atoms. The van der Waals surface area contributed by atoms with E-state index in [2.05, 4.69) is 20.4 Å². The van der Waals surface area contributed by atoms with Crippen molar-refractivity contribution in [1.29, 1.82) is 0 Å². The SMILES string of the molecule is Cc1cccc2sc(NC(=O)Cn3nc(-c4ccncc4)ccc3=O)nc12. The van der Waals surface area contributed by atoms with Gasteiger partial charge in [0.05, 0.1) is 15.9 Å². The van der Waals surface area contributed by atoms with Crippen LogP contribution in [-0.2, 0) is 11.3 Å². The Bertz CT molecular complexity index is 1180. The molecule has 1 N–H and O–H groups in total. The largest absolute Gasteiger partial charge is 0.300 e. The third-order valence-corrected chi connectivity index (χ3v) is 4.94. The van der Waals surface area contributed by atoms with Crippen molar-refractivity contribution in [1.82, 2.24) is 19.7 Å². The van der Waals surface area contributed by atoms with E-state index in [1.165, 1.54) is 17.4 Å². The van der Waals surface area contributed by atoms with Crippen LogP contribution in [0.25, 0.3) is 21.5 Å². The highest BCUT2D eigenvalue weighted by molar-refractivity contribution is 7.22. The van der Waals surface area contributed by atoms with E-state index in [4.69, 9.17) is 0 Å². The fourth-order valence-corrected chi connectivity index (χ4v) is 3.63. The van der Waals surface area contributed by atoms with Crippen molar-refractivity contribution in [3.63, 3.8) is 0 Å². The van der Waals surface area contributed by atoms with Crippen LogP contribution in [0.4, 0.5) is 5.13 Å². The molecule has 7 nitrogen and oxygen atoms in total. The molecule has 1 aromatic carbocycles. The van der Waals surface area contributed by atoms with Gasteiger partial charge in [-0.05, 0) is 36.8 Å². The fourth-order valence-electron chi connectivity index (χ4n) is 2.67. The lowest BCUT2D eigenvalue weighted by atomic mass is 10.2. The topological polar surface area (TPSA) is 89.8 Å². The molecule has 8 heteroatoms. The van der Waals surface area contributed by atoms with E-state index in [1.807, 2.05) is 25.1 Å². The number of nitrogens with one attached hydrogen (secondary N) is 1. The third-order valence-electron chi connectivity index (χ3n) is 4.00. The Kier molecular flexibility index (Phi) is 4.47. The first kappa shape index (κ1) is 17.0. The van der Waals surface area contributed by atoms with E-state index in [0.717, 1.165) is 26.0 Å². The molecule has 0 saturated heterocycles. The minimum atomic E-state index is -0.354. The molecule has 0 unspecified atom stereocenters. The summed E-state index contributed by atoms with van der Waals surface area (Å²) in [5, 5.41) is 7.53. The Morgan fingerprint density at radius 2 is 1.96 bits per heavy atom. The normalized spacial score (nSPS) is 10.9. The number of hydrogen-bond acceptors (Lipinski definition) is 6. The monoisotopic (exact) mass is 377 g/mol. The average molecular weight is 377 g/mol. The van der Waals surface area contributed by atoms with Crippen molar-refractivity contribution in [2.75, 3.05) is 5.32 Å². The van der Waals surface area contributed by atoms with Crippen LogP contribution in [0, 0.1) is 6.92 Å². The van der Waals surface area contributed by atoms with Crippen LogP contribution < -0.4 is 10.9 Å². The summed E-state index contributed by atoms with van der Waals surface area (Å²) in [6, 6.07) is 12.5. The fraction of sp³-hybridized carbons (Fsp3) is 0.105. The van der Waals surface area contributed by atoms with Crippen molar-refractivity contribution < 1.29 is 4.79 Å². The smallest absolute Gasteiger partial charge is 0.267 e. The zero-order valence-electron chi connectivity index (χ0n) is 14.4. The summed E-state index contributed by atoms with van der Waals surface area (Å²) in [4.78, 5) is 32.9. The Morgan fingerprint density at radius 3 is 2.74 bits per heavy atom. The van der Waals surface area contributed by atoms with E-state index in [0.29, 0.717) is 10.8 Å². The van der Waals surface area contributed by atoms with Gasteiger partial charge in [0.25, 0.3) is 5.56 Å². The number of aromatic nitrogens is 4. The summed E-state index contributed by atoms with van der Waals surface area (Å²) in [5.41, 5.74) is 2.99. The van der Waals surface area contributed by atoms with E-state index in [9.17, 15) is 9.59 Å². The Balaban J connectivity index is 1.55.